The first-order chi connectivity index (χ1) is 7.31. The second-order valence-corrected chi connectivity index (χ2v) is 5.05. The van der Waals surface area contributed by atoms with Gasteiger partial charge in [-0.2, -0.15) is 0 Å². The van der Waals surface area contributed by atoms with E-state index < -0.39 is 0 Å². The molecule has 0 aromatic heterocycles. The minimum absolute atomic E-state index is 0.236. The highest BCUT2D eigenvalue weighted by Gasteiger charge is 2.34. The molecule has 1 heterocycles. The average Bonchev–Trinajstić information content (AvgIpc) is 2.85. The van der Waals surface area contributed by atoms with Gasteiger partial charge in [-0.1, -0.05) is 25.7 Å². The lowest BCUT2D eigenvalue weighted by molar-refractivity contribution is -0.119. The van der Waals surface area contributed by atoms with Crippen LogP contribution in [0.15, 0.2) is 0 Å². The standard InChI is InChI=1S/C12H22N2O/c13-6-5-11(9-3-1-2-4-9)10-7-12(15)14-8-10/h9-11H,1-8,13H2,(H,14,15). The number of rotatable bonds is 4. The molecule has 1 aliphatic heterocycles. The van der Waals surface area contributed by atoms with Crippen LogP contribution in [0.3, 0.4) is 0 Å². The number of nitrogens with one attached hydrogen (secondary N) is 1. The molecule has 1 saturated carbocycles. The van der Waals surface area contributed by atoms with E-state index in [0.717, 1.165) is 31.8 Å². The molecule has 2 atom stereocenters. The van der Waals surface area contributed by atoms with Crippen LogP contribution in [0.25, 0.3) is 0 Å². The van der Waals surface area contributed by atoms with Crippen molar-refractivity contribution in [3.8, 4) is 0 Å². The maximum atomic E-state index is 11.2. The fourth-order valence-electron chi connectivity index (χ4n) is 3.36. The summed E-state index contributed by atoms with van der Waals surface area (Å²) in [5.74, 6) is 2.33. The summed E-state index contributed by atoms with van der Waals surface area (Å²) >= 11 is 0. The lowest BCUT2D eigenvalue weighted by atomic mass is 9.78. The second-order valence-electron chi connectivity index (χ2n) is 5.05. The number of carbonyl (C=O) groups is 1. The minimum Gasteiger partial charge on any atom is -0.356 e. The quantitative estimate of drug-likeness (QED) is 0.734. The molecule has 0 radical (unpaired) electrons. The molecule has 1 amide bonds. The summed E-state index contributed by atoms with van der Waals surface area (Å²) < 4.78 is 0. The lowest BCUT2D eigenvalue weighted by Crippen LogP contribution is -2.26. The van der Waals surface area contributed by atoms with Gasteiger partial charge in [-0.25, -0.2) is 0 Å². The van der Waals surface area contributed by atoms with Crippen molar-refractivity contribution in [2.45, 2.75) is 38.5 Å². The Kier molecular flexibility index (Phi) is 3.62. The van der Waals surface area contributed by atoms with E-state index in [1.807, 2.05) is 0 Å². The summed E-state index contributed by atoms with van der Waals surface area (Å²) in [6.45, 7) is 1.66. The molecule has 3 nitrogen and oxygen atoms in total. The van der Waals surface area contributed by atoms with Crippen molar-refractivity contribution < 1.29 is 4.79 Å². The predicted octanol–water partition coefficient (Wildman–Crippen LogP) is 1.28. The Balaban J connectivity index is 1.95. The van der Waals surface area contributed by atoms with Gasteiger partial charge in [-0.15, -0.1) is 0 Å². The Hall–Kier alpha value is -0.570. The number of amides is 1. The van der Waals surface area contributed by atoms with E-state index in [0.29, 0.717) is 11.8 Å². The van der Waals surface area contributed by atoms with E-state index in [1.165, 1.54) is 25.7 Å². The molecule has 2 rings (SSSR count). The van der Waals surface area contributed by atoms with Gasteiger partial charge < -0.3 is 11.1 Å². The first-order valence-electron chi connectivity index (χ1n) is 6.28. The van der Waals surface area contributed by atoms with E-state index in [2.05, 4.69) is 5.32 Å². The first-order valence-corrected chi connectivity index (χ1v) is 6.28. The second kappa shape index (κ2) is 4.97. The number of carbonyl (C=O) groups excluding carboxylic acids is 1. The molecule has 3 N–H and O–H groups in total. The number of nitrogens with two attached hydrogens (primary N) is 1. The fourth-order valence-corrected chi connectivity index (χ4v) is 3.36. The van der Waals surface area contributed by atoms with Crippen LogP contribution in [0.5, 0.6) is 0 Å². The van der Waals surface area contributed by atoms with Crippen LogP contribution in [-0.2, 0) is 4.79 Å². The van der Waals surface area contributed by atoms with Crippen molar-refractivity contribution >= 4 is 5.91 Å². The topological polar surface area (TPSA) is 55.1 Å². The lowest BCUT2D eigenvalue weighted by Gasteiger charge is -2.27. The Morgan fingerprint density at radius 1 is 1.33 bits per heavy atom. The van der Waals surface area contributed by atoms with Gasteiger partial charge in [-0.05, 0) is 30.7 Å². The summed E-state index contributed by atoms with van der Waals surface area (Å²) in [4.78, 5) is 11.2. The maximum absolute atomic E-state index is 11.2. The molecule has 15 heavy (non-hydrogen) atoms. The van der Waals surface area contributed by atoms with Crippen molar-refractivity contribution in [3.05, 3.63) is 0 Å². The third kappa shape index (κ3) is 2.51. The van der Waals surface area contributed by atoms with Crippen LogP contribution in [-0.4, -0.2) is 19.0 Å². The zero-order valence-corrected chi connectivity index (χ0v) is 9.37. The van der Waals surface area contributed by atoms with Crippen molar-refractivity contribution in [3.63, 3.8) is 0 Å². The maximum Gasteiger partial charge on any atom is 0.220 e. The van der Waals surface area contributed by atoms with Gasteiger partial charge >= 0.3 is 0 Å². The molecule has 3 heteroatoms. The molecule has 2 fully saturated rings. The Morgan fingerprint density at radius 3 is 2.60 bits per heavy atom. The van der Waals surface area contributed by atoms with E-state index in [4.69, 9.17) is 5.73 Å². The third-order valence-electron chi connectivity index (χ3n) is 4.12. The molecule has 0 bridgehead atoms. The number of hydrogen-bond acceptors (Lipinski definition) is 2. The van der Waals surface area contributed by atoms with Crippen LogP contribution in [0.4, 0.5) is 0 Å². The Morgan fingerprint density at radius 2 is 2.07 bits per heavy atom. The summed E-state index contributed by atoms with van der Waals surface area (Å²) in [5, 5.41) is 2.95. The molecular formula is C12H22N2O. The van der Waals surface area contributed by atoms with Crippen LogP contribution in [0.2, 0.25) is 0 Å². The monoisotopic (exact) mass is 210 g/mol. The van der Waals surface area contributed by atoms with Crippen molar-refractivity contribution in [1.82, 2.24) is 5.32 Å². The normalized spacial score (nSPS) is 29.4. The smallest absolute Gasteiger partial charge is 0.220 e. The molecule has 0 aromatic rings. The SMILES string of the molecule is NCCC(C1CCCC1)C1CNC(=O)C1. The molecule has 1 aliphatic carbocycles. The van der Waals surface area contributed by atoms with Gasteiger partial charge in [0.1, 0.15) is 0 Å². The molecule has 1 saturated heterocycles. The summed E-state index contributed by atoms with van der Waals surface area (Å²) in [6, 6.07) is 0. The molecule has 2 aliphatic rings. The van der Waals surface area contributed by atoms with Crippen LogP contribution >= 0.6 is 0 Å². The van der Waals surface area contributed by atoms with Gasteiger partial charge in [0.05, 0.1) is 0 Å². The Labute approximate surface area is 91.8 Å². The highest BCUT2D eigenvalue weighted by molar-refractivity contribution is 5.78. The molecule has 0 spiro atoms. The first kappa shape index (κ1) is 10.9. The molecule has 86 valence electrons. The van der Waals surface area contributed by atoms with Crippen molar-refractivity contribution in [2.75, 3.05) is 13.1 Å². The van der Waals surface area contributed by atoms with Gasteiger partial charge in [-0.3, -0.25) is 4.79 Å². The average molecular weight is 210 g/mol. The number of hydrogen-bond donors (Lipinski definition) is 2. The zero-order chi connectivity index (χ0) is 10.7. The van der Waals surface area contributed by atoms with E-state index in [-0.39, 0.29) is 5.91 Å². The summed E-state index contributed by atoms with van der Waals surface area (Å²) in [6.07, 6.45) is 7.30. The summed E-state index contributed by atoms with van der Waals surface area (Å²) in [7, 11) is 0. The fraction of sp³-hybridized carbons (Fsp3) is 0.917. The van der Waals surface area contributed by atoms with Gasteiger partial charge in [0.25, 0.3) is 0 Å². The van der Waals surface area contributed by atoms with Crippen LogP contribution < -0.4 is 11.1 Å². The van der Waals surface area contributed by atoms with Gasteiger partial charge in [0, 0.05) is 13.0 Å². The molecule has 0 aromatic carbocycles. The Bertz CT molecular complexity index is 224. The van der Waals surface area contributed by atoms with E-state index >= 15 is 0 Å². The van der Waals surface area contributed by atoms with Crippen LogP contribution in [0.1, 0.15) is 38.5 Å². The largest absolute Gasteiger partial charge is 0.356 e. The highest BCUT2D eigenvalue weighted by atomic mass is 16.1. The van der Waals surface area contributed by atoms with Crippen LogP contribution in [0, 0.1) is 17.8 Å². The highest BCUT2D eigenvalue weighted by Crippen LogP contribution is 2.38. The zero-order valence-electron chi connectivity index (χ0n) is 9.37. The summed E-state index contributed by atoms with van der Waals surface area (Å²) in [5.41, 5.74) is 5.69. The van der Waals surface area contributed by atoms with Crippen molar-refractivity contribution in [1.29, 1.82) is 0 Å². The van der Waals surface area contributed by atoms with Crippen molar-refractivity contribution in [2.24, 2.45) is 23.5 Å². The third-order valence-corrected chi connectivity index (χ3v) is 4.12. The molecule has 2 unspecified atom stereocenters. The minimum atomic E-state index is 0.236. The van der Waals surface area contributed by atoms with E-state index in [1.54, 1.807) is 0 Å². The van der Waals surface area contributed by atoms with Gasteiger partial charge in [0.15, 0.2) is 0 Å². The predicted molar refractivity (Wildman–Crippen MR) is 60.2 cm³/mol. The van der Waals surface area contributed by atoms with E-state index in [9.17, 15) is 4.79 Å². The van der Waals surface area contributed by atoms with Gasteiger partial charge in [0.2, 0.25) is 5.91 Å². The molecular weight excluding hydrogens is 188 g/mol.